The van der Waals surface area contributed by atoms with Crippen molar-refractivity contribution in [2.45, 2.75) is 13.8 Å². The minimum absolute atomic E-state index is 0.312. The van der Waals surface area contributed by atoms with E-state index in [0.29, 0.717) is 0 Å². The molecule has 6 N–H and O–H groups in total. The van der Waals surface area contributed by atoms with Crippen molar-refractivity contribution in [3.63, 3.8) is 0 Å². The molecule has 0 aliphatic carbocycles. The van der Waals surface area contributed by atoms with Gasteiger partial charge in [-0.25, -0.2) is 16.8 Å². The Labute approximate surface area is 234 Å². The van der Waals surface area contributed by atoms with Crippen LogP contribution in [0.5, 0.6) is 0 Å². The molecule has 0 aliphatic rings. The van der Waals surface area contributed by atoms with Crippen molar-refractivity contribution in [2.75, 3.05) is 11.5 Å². The fourth-order valence-electron chi connectivity index (χ4n) is 3.92. The first-order valence-corrected chi connectivity index (χ1v) is 15.6. The van der Waals surface area contributed by atoms with Gasteiger partial charge >= 0.3 is 0 Å². The van der Waals surface area contributed by atoms with Crippen LogP contribution < -0.4 is 11.5 Å². The zero-order valence-corrected chi connectivity index (χ0v) is 24.0. The molecule has 10 heteroatoms. The van der Waals surface area contributed by atoms with Gasteiger partial charge in [0.15, 0.2) is 0 Å². The largest absolute Gasteiger partial charge is 0.748 e. The number of benzene rings is 5. The molecule has 210 valence electrons. The molecule has 5 aromatic carbocycles. The molecular formula is C30H32N2O6S2. The van der Waals surface area contributed by atoms with E-state index in [1.165, 1.54) is 57.6 Å². The quantitative estimate of drug-likeness (QED) is 0.239. The fourth-order valence-corrected chi connectivity index (χ4v) is 3.92. The van der Waals surface area contributed by atoms with Crippen LogP contribution in [0, 0.1) is 0 Å². The van der Waals surface area contributed by atoms with E-state index >= 15 is 0 Å². The Balaban J connectivity index is 0.000000311. The second-order valence-electron chi connectivity index (χ2n) is 8.99. The Hall–Kier alpha value is -3.64. The van der Waals surface area contributed by atoms with Crippen LogP contribution in [0.4, 0.5) is 11.4 Å². The highest BCUT2D eigenvalue weighted by molar-refractivity contribution is 7.85. The Kier molecular flexibility index (Phi) is 10.2. The zero-order valence-electron chi connectivity index (χ0n) is 22.3. The SMILES string of the molecule is CCS(=O)(=O)[O-].CCS(=O)(=O)[O-].[NH3+]c1ccc(-c2cccc3cc4c(-c5ccc([NH3+])cc5)cccc4cc23)cc1. The summed E-state index contributed by atoms with van der Waals surface area (Å²) in [5, 5.41) is 5.06. The van der Waals surface area contributed by atoms with E-state index in [1.807, 2.05) is 0 Å². The van der Waals surface area contributed by atoms with E-state index in [4.69, 9.17) is 0 Å². The van der Waals surface area contributed by atoms with Crippen LogP contribution in [-0.4, -0.2) is 37.4 Å². The van der Waals surface area contributed by atoms with Crippen LogP contribution >= 0.6 is 0 Å². The van der Waals surface area contributed by atoms with Crippen molar-refractivity contribution in [2.24, 2.45) is 0 Å². The first-order valence-electron chi connectivity index (χ1n) is 12.5. The van der Waals surface area contributed by atoms with Crippen molar-refractivity contribution < 1.29 is 37.4 Å². The third kappa shape index (κ3) is 8.68. The van der Waals surface area contributed by atoms with Crippen molar-refractivity contribution in [3.8, 4) is 22.3 Å². The van der Waals surface area contributed by atoms with Crippen LogP contribution in [0.15, 0.2) is 97.1 Å². The highest BCUT2D eigenvalue weighted by atomic mass is 32.2. The molecule has 0 aliphatic heterocycles. The van der Waals surface area contributed by atoms with Gasteiger partial charge in [-0.3, -0.25) is 0 Å². The van der Waals surface area contributed by atoms with Gasteiger partial charge in [-0.2, -0.15) is 0 Å². The van der Waals surface area contributed by atoms with Gasteiger partial charge in [-0.05, 0) is 104 Å². The second-order valence-corrected chi connectivity index (χ2v) is 12.4. The summed E-state index contributed by atoms with van der Waals surface area (Å²) in [6, 6.07) is 34.6. The van der Waals surface area contributed by atoms with Gasteiger partial charge in [0.2, 0.25) is 0 Å². The van der Waals surface area contributed by atoms with Gasteiger partial charge < -0.3 is 20.6 Å². The first-order chi connectivity index (χ1) is 18.8. The highest BCUT2D eigenvalue weighted by Gasteiger charge is 2.09. The standard InChI is InChI=1S/C26H20N2.2C2H6O3S/c27-21-11-7-17(8-12-21)23-5-1-3-19-15-26-20(16-25(19)23)4-2-6-24(26)18-9-13-22(28)14-10-18;2*1-2-6(3,4)5/h1-16H,27-28H2;2*2H2,1H3,(H,3,4,5). The van der Waals surface area contributed by atoms with Crippen molar-refractivity contribution in [1.29, 1.82) is 0 Å². The summed E-state index contributed by atoms with van der Waals surface area (Å²) < 4.78 is 56.7. The number of quaternary nitrogens is 2. The molecule has 0 bridgehead atoms. The Morgan fingerprint density at radius 1 is 0.550 bits per heavy atom. The monoisotopic (exact) mass is 580 g/mol. The summed E-state index contributed by atoms with van der Waals surface area (Å²) in [5.41, 5.74) is 15.0. The molecule has 0 fully saturated rings. The minimum Gasteiger partial charge on any atom is -0.748 e. The average Bonchev–Trinajstić information content (AvgIpc) is 2.92. The predicted molar refractivity (Wildman–Crippen MR) is 158 cm³/mol. The van der Waals surface area contributed by atoms with Gasteiger partial charge in [0, 0.05) is 11.5 Å². The lowest BCUT2D eigenvalue weighted by Crippen LogP contribution is -2.39. The molecule has 0 radical (unpaired) electrons. The van der Waals surface area contributed by atoms with E-state index in [-0.39, 0.29) is 11.5 Å². The lowest BCUT2D eigenvalue weighted by Gasteiger charge is -2.12. The van der Waals surface area contributed by atoms with Crippen LogP contribution in [0.3, 0.4) is 0 Å². The van der Waals surface area contributed by atoms with Crippen molar-refractivity contribution in [1.82, 2.24) is 0 Å². The molecule has 5 rings (SSSR count). The van der Waals surface area contributed by atoms with Gasteiger partial charge in [0.05, 0.1) is 20.2 Å². The molecule has 0 unspecified atom stereocenters. The summed E-state index contributed by atoms with van der Waals surface area (Å²) in [4.78, 5) is 0. The Bertz CT molecular complexity index is 1680. The third-order valence-corrected chi connectivity index (χ3v) is 7.53. The Morgan fingerprint density at radius 3 is 1.12 bits per heavy atom. The number of rotatable bonds is 4. The number of hydrogen-bond acceptors (Lipinski definition) is 6. The van der Waals surface area contributed by atoms with E-state index in [0.717, 1.165) is 11.4 Å². The Morgan fingerprint density at radius 2 is 0.850 bits per heavy atom. The van der Waals surface area contributed by atoms with E-state index in [1.54, 1.807) is 0 Å². The summed E-state index contributed by atoms with van der Waals surface area (Å²) in [7, 11) is -7.82. The smallest absolute Gasteiger partial charge is 0.127 e. The normalized spacial score (nSPS) is 11.3. The maximum Gasteiger partial charge on any atom is 0.127 e. The molecule has 0 saturated heterocycles. The molecule has 0 heterocycles. The van der Waals surface area contributed by atoms with Crippen molar-refractivity contribution in [3.05, 3.63) is 97.1 Å². The van der Waals surface area contributed by atoms with Gasteiger partial charge in [-0.15, -0.1) is 0 Å². The minimum atomic E-state index is -3.91. The van der Waals surface area contributed by atoms with E-state index in [9.17, 15) is 25.9 Å². The molecule has 0 saturated carbocycles. The molecule has 0 aromatic heterocycles. The van der Waals surface area contributed by atoms with Gasteiger partial charge in [0.25, 0.3) is 0 Å². The third-order valence-electron chi connectivity index (χ3n) is 6.12. The highest BCUT2D eigenvalue weighted by Crippen LogP contribution is 2.36. The zero-order chi connectivity index (χ0) is 29.5. The molecule has 40 heavy (non-hydrogen) atoms. The summed E-state index contributed by atoms with van der Waals surface area (Å²) in [6.45, 7) is 2.62. The summed E-state index contributed by atoms with van der Waals surface area (Å²) in [5.74, 6) is -0.625. The summed E-state index contributed by atoms with van der Waals surface area (Å²) in [6.07, 6.45) is 0. The van der Waals surface area contributed by atoms with E-state index < -0.39 is 20.2 Å². The van der Waals surface area contributed by atoms with Gasteiger partial charge in [-0.1, -0.05) is 50.2 Å². The van der Waals surface area contributed by atoms with Crippen LogP contribution in [-0.2, 0) is 20.2 Å². The lowest BCUT2D eigenvalue weighted by molar-refractivity contribution is -0.255. The maximum atomic E-state index is 9.44. The fraction of sp³-hybridized carbons (Fsp3) is 0.133. The molecule has 0 amide bonds. The van der Waals surface area contributed by atoms with Crippen LogP contribution in [0.2, 0.25) is 0 Å². The van der Waals surface area contributed by atoms with Gasteiger partial charge in [0.1, 0.15) is 11.4 Å². The first kappa shape index (κ1) is 30.9. The average molecular weight is 581 g/mol. The molecular weight excluding hydrogens is 548 g/mol. The van der Waals surface area contributed by atoms with Crippen LogP contribution in [0.1, 0.15) is 13.8 Å². The number of fused-ring (bicyclic) bond motifs is 2. The molecule has 0 spiro atoms. The topological polar surface area (TPSA) is 170 Å². The molecule has 0 atom stereocenters. The summed E-state index contributed by atoms with van der Waals surface area (Å²) >= 11 is 0. The lowest BCUT2D eigenvalue weighted by atomic mass is 9.92. The van der Waals surface area contributed by atoms with E-state index in [2.05, 4.69) is 109 Å². The molecule has 5 aromatic rings. The van der Waals surface area contributed by atoms with Crippen molar-refractivity contribution >= 4 is 53.2 Å². The predicted octanol–water partition coefficient (Wildman–Crippen LogP) is 4.18. The maximum absolute atomic E-state index is 9.44. The molecule has 8 nitrogen and oxygen atoms in total. The van der Waals surface area contributed by atoms with Crippen LogP contribution in [0.25, 0.3) is 43.8 Å². The number of hydrogen-bond donors (Lipinski definition) is 2. The second kappa shape index (κ2) is 13.1.